The highest BCUT2D eigenvalue weighted by atomic mass is 16.3. The molecule has 0 radical (unpaired) electrons. The van der Waals surface area contributed by atoms with Crippen molar-refractivity contribution in [3.05, 3.63) is 157 Å². The summed E-state index contributed by atoms with van der Waals surface area (Å²) in [5.74, 6) is 0. The summed E-state index contributed by atoms with van der Waals surface area (Å²) in [6.07, 6.45) is 0. The van der Waals surface area contributed by atoms with Crippen molar-refractivity contribution in [2.75, 3.05) is 0 Å². The number of fused-ring (bicyclic) bond motifs is 6. The third-order valence-electron chi connectivity index (χ3n) is 7.82. The largest absolute Gasteiger partial charge is 0.456 e. The summed E-state index contributed by atoms with van der Waals surface area (Å²) in [6.45, 7) is 0. The zero-order valence-electron chi connectivity index (χ0n) is 35.4. The molecule has 0 aliphatic carbocycles. The van der Waals surface area contributed by atoms with Crippen molar-refractivity contribution in [1.29, 1.82) is 0 Å². The smallest absolute Gasteiger partial charge is 0.136 e. The lowest BCUT2D eigenvalue weighted by Gasteiger charge is -2.19. The summed E-state index contributed by atoms with van der Waals surface area (Å²) >= 11 is 0. The van der Waals surface area contributed by atoms with Crippen molar-refractivity contribution < 1.29 is 22.2 Å². The molecular formula is C42H26O. The second-order valence-electron chi connectivity index (χ2n) is 10.2. The van der Waals surface area contributed by atoms with Gasteiger partial charge in [0.1, 0.15) is 11.2 Å². The van der Waals surface area contributed by atoms with Gasteiger partial charge < -0.3 is 4.42 Å². The average molecular weight is 560 g/mol. The second kappa shape index (κ2) is 9.44. The number of hydrogen-bond donors (Lipinski definition) is 0. The quantitative estimate of drug-likeness (QED) is 0.196. The maximum Gasteiger partial charge on any atom is 0.136 e. The molecule has 0 spiro atoms. The van der Waals surface area contributed by atoms with E-state index in [1.54, 1.807) is 78.9 Å². The fourth-order valence-corrected chi connectivity index (χ4v) is 5.96. The van der Waals surface area contributed by atoms with Crippen LogP contribution in [0.4, 0.5) is 0 Å². The molecule has 0 amide bonds. The van der Waals surface area contributed by atoms with E-state index in [1.165, 1.54) is 0 Å². The Morgan fingerprint density at radius 3 is 1.74 bits per heavy atom. The van der Waals surface area contributed by atoms with Crippen LogP contribution in [0.25, 0.3) is 87.6 Å². The SMILES string of the molecule is [2H]c1c([2H])c([2H])c2c(oc3c([2H])c(-c4c5ccccc5c(-c5c([2H])c(-c6ccccc6)c([2H])c6c([2H])c([2H])c([2H])c([2H])c56)c5ccccc45)c([2H])c([2H])c32)c1[2H]. The van der Waals surface area contributed by atoms with Crippen LogP contribution in [0.2, 0.25) is 0 Å². The minimum Gasteiger partial charge on any atom is -0.456 e. The molecule has 1 nitrogen and oxygen atoms in total. The summed E-state index contributed by atoms with van der Waals surface area (Å²) in [6, 6.07) is 17.8. The van der Waals surface area contributed by atoms with E-state index in [2.05, 4.69) is 0 Å². The lowest BCUT2D eigenvalue weighted by Crippen LogP contribution is -1.92. The Morgan fingerprint density at radius 1 is 0.395 bits per heavy atom. The van der Waals surface area contributed by atoms with Crippen molar-refractivity contribution in [1.82, 2.24) is 0 Å². The van der Waals surface area contributed by atoms with Gasteiger partial charge in [-0.3, -0.25) is 0 Å². The molecule has 0 bridgehead atoms. The molecule has 0 unspecified atom stereocenters. The topological polar surface area (TPSA) is 13.1 Å². The number of furan rings is 1. The van der Waals surface area contributed by atoms with E-state index in [1.807, 2.05) is 0 Å². The van der Waals surface area contributed by atoms with E-state index >= 15 is 0 Å². The minimum absolute atomic E-state index is 0.00756. The maximum absolute atomic E-state index is 9.78. The van der Waals surface area contributed by atoms with Crippen LogP contribution in [0.15, 0.2) is 162 Å². The van der Waals surface area contributed by atoms with Crippen molar-refractivity contribution in [3.63, 3.8) is 0 Å². The molecule has 0 fully saturated rings. The highest BCUT2D eigenvalue weighted by Gasteiger charge is 2.19. The van der Waals surface area contributed by atoms with Crippen molar-refractivity contribution in [2.24, 2.45) is 0 Å². The van der Waals surface area contributed by atoms with E-state index in [0.29, 0.717) is 38.2 Å². The van der Waals surface area contributed by atoms with Crippen molar-refractivity contribution >= 4 is 54.3 Å². The molecule has 1 aromatic heterocycles. The summed E-state index contributed by atoms with van der Waals surface area (Å²) < 4.78 is 122. The molecular weight excluding hydrogens is 520 g/mol. The third kappa shape index (κ3) is 3.72. The van der Waals surface area contributed by atoms with Gasteiger partial charge in [0.15, 0.2) is 0 Å². The number of para-hydroxylation sites is 1. The van der Waals surface area contributed by atoms with E-state index in [0.717, 1.165) is 0 Å². The minimum atomic E-state index is -0.529. The fourth-order valence-electron chi connectivity index (χ4n) is 5.96. The monoisotopic (exact) mass is 559 g/mol. The molecule has 0 aliphatic heterocycles. The van der Waals surface area contributed by atoms with Crippen LogP contribution in [-0.2, 0) is 0 Å². The third-order valence-corrected chi connectivity index (χ3v) is 7.82. The van der Waals surface area contributed by atoms with Crippen LogP contribution >= 0.6 is 0 Å². The molecule has 0 saturated heterocycles. The van der Waals surface area contributed by atoms with Gasteiger partial charge in [-0.1, -0.05) is 127 Å². The van der Waals surface area contributed by atoms with Gasteiger partial charge in [0, 0.05) is 10.8 Å². The van der Waals surface area contributed by atoms with E-state index in [4.69, 9.17) is 15.4 Å². The molecule has 0 aliphatic rings. The van der Waals surface area contributed by atoms with E-state index < -0.39 is 48.3 Å². The van der Waals surface area contributed by atoms with E-state index in [-0.39, 0.29) is 79.6 Å². The van der Waals surface area contributed by atoms with Gasteiger partial charge in [-0.05, 0) is 95.9 Å². The van der Waals surface area contributed by atoms with Crippen LogP contribution in [0, 0.1) is 0 Å². The van der Waals surface area contributed by atoms with Crippen LogP contribution in [0.3, 0.4) is 0 Å². The lowest BCUT2D eigenvalue weighted by atomic mass is 9.83. The standard InChI is InChI=1S/C42H26O/c1-2-12-27(13-3-1)30-24-28-14-4-5-15-31(28)38(25-30)42-36-19-8-6-17-34(36)41(35-18-7-9-20-37(35)42)29-22-23-33-32-16-10-11-21-39(32)43-40(33)26-29/h1-26H/i4D,5D,10D,11D,14D,15D,16D,21D,22D,23D,24D,25D,26D. The Morgan fingerprint density at radius 2 is 1.00 bits per heavy atom. The predicted molar refractivity (Wildman–Crippen MR) is 183 cm³/mol. The van der Waals surface area contributed by atoms with Crippen LogP contribution in [0.5, 0.6) is 0 Å². The molecule has 1 heterocycles. The normalized spacial score (nSPS) is 16.0. The first-order valence-electron chi connectivity index (χ1n) is 20.2. The Hall–Kier alpha value is -5.66. The first kappa shape index (κ1) is 14.5. The number of hydrogen-bond acceptors (Lipinski definition) is 1. The van der Waals surface area contributed by atoms with Gasteiger partial charge in [0.25, 0.3) is 0 Å². The first-order valence-corrected chi connectivity index (χ1v) is 13.7. The van der Waals surface area contributed by atoms with Gasteiger partial charge in [-0.15, -0.1) is 0 Å². The fraction of sp³-hybridized carbons (Fsp3) is 0. The summed E-state index contributed by atoms with van der Waals surface area (Å²) in [7, 11) is 0. The summed E-state index contributed by atoms with van der Waals surface area (Å²) in [4.78, 5) is 0. The van der Waals surface area contributed by atoms with E-state index in [9.17, 15) is 6.85 Å². The predicted octanol–water partition coefficient (Wildman–Crippen LogP) is 12.0. The first-order chi connectivity index (χ1) is 26.8. The van der Waals surface area contributed by atoms with Crippen LogP contribution in [-0.4, -0.2) is 0 Å². The Bertz CT molecular complexity index is 3170. The Labute approximate surface area is 267 Å². The number of rotatable bonds is 3. The zero-order valence-corrected chi connectivity index (χ0v) is 22.4. The molecule has 8 aromatic carbocycles. The van der Waals surface area contributed by atoms with Crippen molar-refractivity contribution in [3.8, 4) is 33.4 Å². The Balaban J connectivity index is 1.50. The molecule has 0 N–H and O–H groups in total. The summed E-state index contributed by atoms with van der Waals surface area (Å²) in [5, 5.41) is 1.82. The average Bonchev–Trinajstić information content (AvgIpc) is 3.62. The second-order valence-corrected chi connectivity index (χ2v) is 10.2. The lowest BCUT2D eigenvalue weighted by molar-refractivity contribution is 0.669. The molecule has 200 valence electrons. The molecule has 43 heavy (non-hydrogen) atoms. The van der Waals surface area contributed by atoms with Gasteiger partial charge >= 0.3 is 0 Å². The van der Waals surface area contributed by atoms with Gasteiger partial charge in [0.05, 0.1) is 17.8 Å². The Kier molecular flexibility index (Phi) is 3.18. The zero-order chi connectivity index (χ0) is 39.6. The molecule has 9 aromatic rings. The molecule has 0 atom stereocenters. The maximum atomic E-state index is 9.78. The molecule has 9 rings (SSSR count). The van der Waals surface area contributed by atoms with Gasteiger partial charge in [0.2, 0.25) is 0 Å². The highest BCUT2D eigenvalue weighted by Crippen LogP contribution is 2.47. The highest BCUT2D eigenvalue weighted by molar-refractivity contribution is 6.24. The van der Waals surface area contributed by atoms with Crippen molar-refractivity contribution in [2.45, 2.75) is 0 Å². The molecule has 0 saturated carbocycles. The van der Waals surface area contributed by atoms with Gasteiger partial charge in [-0.25, -0.2) is 0 Å². The van der Waals surface area contributed by atoms with Gasteiger partial charge in [-0.2, -0.15) is 0 Å². The van der Waals surface area contributed by atoms with Crippen LogP contribution in [0.1, 0.15) is 17.8 Å². The number of benzene rings is 8. The van der Waals surface area contributed by atoms with Crippen LogP contribution < -0.4 is 0 Å². The summed E-state index contributed by atoms with van der Waals surface area (Å²) in [5.41, 5.74) is 1.31. The molecule has 1 heteroatoms.